The zero-order valence-corrected chi connectivity index (χ0v) is 17.3. The van der Waals surface area contributed by atoms with Crippen LogP contribution in [0.15, 0.2) is 41.8 Å². The first-order valence-electron chi connectivity index (χ1n) is 9.99. The molecule has 3 rings (SSSR count). The van der Waals surface area contributed by atoms with E-state index in [1.165, 1.54) is 42.8 Å². The molecule has 1 fully saturated rings. The van der Waals surface area contributed by atoms with E-state index in [9.17, 15) is 9.59 Å². The normalized spacial score (nSPS) is 17.2. The fourth-order valence-electron chi connectivity index (χ4n) is 3.52. The van der Waals surface area contributed by atoms with Crippen LogP contribution < -0.4 is 10.6 Å². The van der Waals surface area contributed by atoms with Gasteiger partial charge < -0.3 is 10.6 Å². The van der Waals surface area contributed by atoms with Crippen molar-refractivity contribution in [3.05, 3.63) is 57.8 Å². The molecule has 1 aliphatic rings. The molecule has 1 atom stereocenters. The fraction of sp³-hybridized carbons (Fsp3) is 0.455. The molecule has 1 saturated heterocycles. The molecular weight excluding hydrogens is 370 g/mol. The quantitative estimate of drug-likeness (QED) is 0.715. The van der Waals surface area contributed by atoms with Gasteiger partial charge in [0.25, 0.3) is 5.91 Å². The van der Waals surface area contributed by atoms with Gasteiger partial charge in [-0.1, -0.05) is 37.3 Å². The summed E-state index contributed by atoms with van der Waals surface area (Å²) in [7, 11) is 0. The first-order valence-corrected chi connectivity index (χ1v) is 10.9. The maximum atomic E-state index is 12.0. The van der Waals surface area contributed by atoms with Crippen molar-refractivity contribution in [2.75, 3.05) is 19.6 Å². The van der Waals surface area contributed by atoms with Crippen LogP contribution in [0.4, 0.5) is 0 Å². The Hall–Kier alpha value is -2.18. The van der Waals surface area contributed by atoms with E-state index in [2.05, 4.69) is 46.7 Å². The molecule has 2 amide bonds. The SMILES string of the molecule is CC1CCCN(Cc2ccc(CNC(=O)CCNC(=O)c3cccs3)cc2)C1. The van der Waals surface area contributed by atoms with Gasteiger partial charge in [-0.3, -0.25) is 14.5 Å². The summed E-state index contributed by atoms with van der Waals surface area (Å²) in [6.45, 7) is 6.55. The van der Waals surface area contributed by atoms with E-state index in [1.54, 1.807) is 6.07 Å². The monoisotopic (exact) mass is 399 g/mol. The lowest BCUT2D eigenvalue weighted by molar-refractivity contribution is -0.121. The number of hydrogen-bond acceptors (Lipinski definition) is 4. The molecule has 1 aromatic carbocycles. The van der Waals surface area contributed by atoms with Gasteiger partial charge in [0.15, 0.2) is 0 Å². The number of piperidine rings is 1. The van der Waals surface area contributed by atoms with Gasteiger partial charge in [0.1, 0.15) is 0 Å². The smallest absolute Gasteiger partial charge is 0.261 e. The Bertz CT molecular complexity index is 759. The molecule has 5 nitrogen and oxygen atoms in total. The number of carbonyl (C=O) groups excluding carboxylic acids is 2. The lowest BCUT2D eigenvalue weighted by Crippen LogP contribution is -2.33. The number of rotatable bonds is 8. The number of likely N-dealkylation sites (tertiary alicyclic amines) is 1. The molecule has 0 aliphatic carbocycles. The van der Waals surface area contributed by atoms with Crippen molar-refractivity contribution in [1.82, 2.24) is 15.5 Å². The molecule has 0 bridgehead atoms. The van der Waals surface area contributed by atoms with Gasteiger partial charge in [-0.05, 0) is 47.9 Å². The minimum Gasteiger partial charge on any atom is -0.352 e. The average molecular weight is 400 g/mol. The van der Waals surface area contributed by atoms with Crippen molar-refractivity contribution < 1.29 is 9.59 Å². The molecule has 0 radical (unpaired) electrons. The Kier molecular flexibility index (Phi) is 7.62. The van der Waals surface area contributed by atoms with Gasteiger partial charge in [0.2, 0.25) is 5.91 Å². The lowest BCUT2D eigenvalue weighted by Gasteiger charge is -2.30. The molecule has 6 heteroatoms. The van der Waals surface area contributed by atoms with Crippen LogP contribution >= 0.6 is 11.3 Å². The summed E-state index contributed by atoms with van der Waals surface area (Å²) in [6, 6.07) is 12.1. The van der Waals surface area contributed by atoms with Crippen molar-refractivity contribution in [2.24, 2.45) is 5.92 Å². The van der Waals surface area contributed by atoms with Crippen LogP contribution in [0.2, 0.25) is 0 Å². The van der Waals surface area contributed by atoms with Crippen LogP contribution in [0.1, 0.15) is 47.0 Å². The predicted octanol–water partition coefficient (Wildman–Crippen LogP) is 3.42. The minimum absolute atomic E-state index is 0.0575. The fourth-order valence-corrected chi connectivity index (χ4v) is 4.16. The second-order valence-corrected chi connectivity index (χ2v) is 8.51. The molecule has 28 heavy (non-hydrogen) atoms. The van der Waals surface area contributed by atoms with E-state index in [4.69, 9.17) is 0 Å². The van der Waals surface area contributed by atoms with E-state index in [1.807, 2.05) is 11.4 Å². The molecule has 2 heterocycles. The van der Waals surface area contributed by atoms with E-state index >= 15 is 0 Å². The summed E-state index contributed by atoms with van der Waals surface area (Å²) in [5.41, 5.74) is 2.41. The van der Waals surface area contributed by atoms with E-state index in [-0.39, 0.29) is 18.2 Å². The molecule has 0 saturated carbocycles. The molecule has 150 valence electrons. The molecule has 1 aromatic heterocycles. The summed E-state index contributed by atoms with van der Waals surface area (Å²) in [5.74, 6) is 0.609. The average Bonchev–Trinajstić information content (AvgIpc) is 3.22. The van der Waals surface area contributed by atoms with Crippen LogP contribution in [-0.4, -0.2) is 36.3 Å². The maximum Gasteiger partial charge on any atom is 0.261 e. The molecule has 1 aliphatic heterocycles. The minimum atomic E-state index is -0.124. The first kappa shape index (κ1) is 20.6. The summed E-state index contributed by atoms with van der Waals surface area (Å²) >= 11 is 1.39. The highest BCUT2D eigenvalue weighted by Gasteiger charge is 2.16. The van der Waals surface area contributed by atoms with Gasteiger partial charge in [-0.25, -0.2) is 0 Å². The second kappa shape index (κ2) is 10.4. The van der Waals surface area contributed by atoms with Gasteiger partial charge in [0, 0.05) is 32.6 Å². The summed E-state index contributed by atoms with van der Waals surface area (Å²) in [5, 5.41) is 7.55. The number of thiophene rings is 1. The van der Waals surface area contributed by atoms with E-state index in [0.29, 0.717) is 18.0 Å². The predicted molar refractivity (Wildman–Crippen MR) is 113 cm³/mol. The summed E-state index contributed by atoms with van der Waals surface area (Å²) in [4.78, 5) is 27.0. The summed E-state index contributed by atoms with van der Waals surface area (Å²) < 4.78 is 0. The highest BCUT2D eigenvalue weighted by atomic mass is 32.1. The highest BCUT2D eigenvalue weighted by Crippen LogP contribution is 2.18. The zero-order valence-electron chi connectivity index (χ0n) is 16.4. The van der Waals surface area contributed by atoms with Crippen LogP contribution in [0.25, 0.3) is 0 Å². The highest BCUT2D eigenvalue weighted by molar-refractivity contribution is 7.12. The molecule has 0 spiro atoms. The van der Waals surface area contributed by atoms with Gasteiger partial charge in [-0.15, -0.1) is 11.3 Å². The lowest BCUT2D eigenvalue weighted by atomic mass is 9.99. The first-order chi connectivity index (χ1) is 13.6. The molecular formula is C22H29N3O2S. The van der Waals surface area contributed by atoms with Gasteiger partial charge in [-0.2, -0.15) is 0 Å². The van der Waals surface area contributed by atoms with Gasteiger partial charge in [0.05, 0.1) is 4.88 Å². The Morgan fingerprint density at radius 3 is 2.64 bits per heavy atom. The van der Waals surface area contributed by atoms with Crippen molar-refractivity contribution in [3.63, 3.8) is 0 Å². The zero-order chi connectivity index (χ0) is 19.8. The van der Waals surface area contributed by atoms with Crippen LogP contribution in [0.5, 0.6) is 0 Å². The van der Waals surface area contributed by atoms with Crippen molar-refractivity contribution >= 4 is 23.2 Å². The number of nitrogens with zero attached hydrogens (tertiary/aromatic N) is 1. The summed E-state index contributed by atoms with van der Waals surface area (Å²) in [6.07, 6.45) is 2.91. The van der Waals surface area contributed by atoms with E-state index < -0.39 is 0 Å². The molecule has 1 unspecified atom stereocenters. The number of hydrogen-bond donors (Lipinski definition) is 2. The number of benzene rings is 1. The Morgan fingerprint density at radius 2 is 1.93 bits per heavy atom. The van der Waals surface area contributed by atoms with Crippen molar-refractivity contribution in [3.8, 4) is 0 Å². The third-order valence-electron chi connectivity index (χ3n) is 5.04. The Balaban J connectivity index is 1.35. The topological polar surface area (TPSA) is 61.4 Å². The third-order valence-corrected chi connectivity index (χ3v) is 5.91. The Morgan fingerprint density at radius 1 is 1.14 bits per heavy atom. The van der Waals surface area contributed by atoms with Crippen LogP contribution in [-0.2, 0) is 17.9 Å². The third kappa shape index (κ3) is 6.46. The number of amides is 2. The molecule has 2 N–H and O–H groups in total. The van der Waals surface area contributed by atoms with Crippen LogP contribution in [0, 0.1) is 5.92 Å². The van der Waals surface area contributed by atoms with Crippen molar-refractivity contribution in [1.29, 1.82) is 0 Å². The largest absolute Gasteiger partial charge is 0.352 e. The van der Waals surface area contributed by atoms with Crippen molar-refractivity contribution in [2.45, 2.75) is 39.3 Å². The maximum absolute atomic E-state index is 12.0. The number of carbonyl (C=O) groups is 2. The molecule has 2 aromatic rings. The second-order valence-electron chi connectivity index (χ2n) is 7.56. The van der Waals surface area contributed by atoms with E-state index in [0.717, 1.165) is 18.0 Å². The number of nitrogens with one attached hydrogen (secondary N) is 2. The van der Waals surface area contributed by atoms with Gasteiger partial charge >= 0.3 is 0 Å². The standard InChI is InChI=1S/C22H29N3O2S/c1-17-4-2-12-25(15-17)16-19-8-6-18(7-9-19)14-24-21(26)10-11-23-22(27)20-5-3-13-28-20/h3,5-9,13,17H,2,4,10-12,14-16H2,1H3,(H,23,27)(H,24,26). The Labute approximate surface area is 171 Å². The van der Waals surface area contributed by atoms with Crippen LogP contribution in [0.3, 0.4) is 0 Å².